The van der Waals surface area contributed by atoms with Crippen LogP contribution in [0.3, 0.4) is 0 Å². The number of hydrogen-bond acceptors (Lipinski definition) is 1. The lowest BCUT2D eigenvalue weighted by Crippen LogP contribution is -2.39. The fourth-order valence-electron chi connectivity index (χ4n) is 2.16. The molecule has 106 valence electrons. The Kier molecular flexibility index (Phi) is 6.93. The molecular weight excluding hydrogens is 258 g/mol. The summed E-state index contributed by atoms with van der Waals surface area (Å²) in [7, 11) is 1.90. The van der Waals surface area contributed by atoms with Crippen molar-refractivity contribution in [1.82, 2.24) is 4.90 Å². The van der Waals surface area contributed by atoms with E-state index in [0.29, 0.717) is 5.88 Å². The van der Waals surface area contributed by atoms with Gasteiger partial charge >= 0.3 is 0 Å². The molecule has 0 spiro atoms. The highest BCUT2D eigenvalue weighted by molar-refractivity contribution is 6.17. The molecule has 0 saturated heterocycles. The largest absolute Gasteiger partial charge is 0.342 e. The molecule has 0 heterocycles. The van der Waals surface area contributed by atoms with E-state index in [4.69, 9.17) is 11.6 Å². The van der Waals surface area contributed by atoms with E-state index < -0.39 is 0 Å². The van der Waals surface area contributed by atoms with Crippen molar-refractivity contribution in [2.75, 3.05) is 12.9 Å². The minimum absolute atomic E-state index is 0.0574. The van der Waals surface area contributed by atoms with Gasteiger partial charge in [-0.1, -0.05) is 37.3 Å². The molecule has 0 fully saturated rings. The molecule has 0 aliphatic carbocycles. The first-order valence-corrected chi connectivity index (χ1v) is 7.46. The van der Waals surface area contributed by atoms with Crippen LogP contribution in [0.5, 0.6) is 0 Å². The maximum Gasteiger partial charge on any atom is 0.225 e. The average Bonchev–Trinajstić information content (AvgIpc) is 2.44. The number of halogens is 1. The predicted molar refractivity (Wildman–Crippen MR) is 81.5 cm³/mol. The Labute approximate surface area is 121 Å². The molecule has 0 saturated carbocycles. The first-order chi connectivity index (χ1) is 9.06. The smallest absolute Gasteiger partial charge is 0.225 e. The van der Waals surface area contributed by atoms with Gasteiger partial charge in [-0.25, -0.2) is 0 Å². The molecule has 2 atom stereocenters. The number of benzene rings is 1. The third-order valence-electron chi connectivity index (χ3n) is 3.58. The molecule has 0 N–H and O–H groups in total. The minimum atomic E-state index is 0.0574. The number of amides is 1. The van der Waals surface area contributed by atoms with Crippen molar-refractivity contribution < 1.29 is 4.79 Å². The van der Waals surface area contributed by atoms with Crippen LogP contribution in [0.25, 0.3) is 0 Å². The van der Waals surface area contributed by atoms with Crippen LogP contribution in [0, 0.1) is 5.92 Å². The Hall–Kier alpha value is -1.02. The zero-order valence-electron chi connectivity index (χ0n) is 12.1. The Morgan fingerprint density at radius 3 is 2.47 bits per heavy atom. The first-order valence-electron chi connectivity index (χ1n) is 6.92. The minimum Gasteiger partial charge on any atom is -0.342 e. The van der Waals surface area contributed by atoms with Crippen LogP contribution < -0.4 is 0 Å². The Balaban J connectivity index is 2.51. The zero-order valence-corrected chi connectivity index (χ0v) is 12.9. The maximum atomic E-state index is 12.3. The van der Waals surface area contributed by atoms with Gasteiger partial charge in [0, 0.05) is 24.9 Å². The lowest BCUT2D eigenvalue weighted by atomic mass is 10.0. The Morgan fingerprint density at radius 2 is 1.89 bits per heavy atom. The van der Waals surface area contributed by atoms with Crippen molar-refractivity contribution in [1.29, 1.82) is 0 Å². The summed E-state index contributed by atoms with van der Waals surface area (Å²) in [5, 5.41) is 0. The van der Waals surface area contributed by atoms with Crippen LogP contribution in [-0.2, 0) is 11.2 Å². The van der Waals surface area contributed by atoms with Crippen LogP contribution in [-0.4, -0.2) is 29.8 Å². The van der Waals surface area contributed by atoms with Gasteiger partial charge in [0.1, 0.15) is 0 Å². The molecule has 1 amide bonds. The summed E-state index contributed by atoms with van der Waals surface area (Å²) < 4.78 is 0. The standard InChI is InChI=1S/C16H24ClNO/c1-13(8-7-11-17)16(19)18(3)14(2)12-15-9-5-4-6-10-15/h4-6,9-10,13-14H,7-8,11-12H2,1-3H3. The normalized spacial score (nSPS) is 13.9. The molecule has 1 aromatic carbocycles. The molecule has 3 heteroatoms. The molecule has 0 radical (unpaired) electrons. The van der Waals surface area contributed by atoms with Crippen molar-refractivity contribution in [3.05, 3.63) is 35.9 Å². The van der Waals surface area contributed by atoms with Gasteiger partial charge < -0.3 is 4.90 Å². The topological polar surface area (TPSA) is 20.3 Å². The number of rotatable bonds is 7. The highest BCUT2D eigenvalue weighted by Gasteiger charge is 2.21. The molecule has 0 aliphatic rings. The fourth-order valence-corrected chi connectivity index (χ4v) is 2.32. The second-order valence-electron chi connectivity index (χ2n) is 5.22. The molecule has 19 heavy (non-hydrogen) atoms. The Bertz CT molecular complexity index is 380. The quantitative estimate of drug-likeness (QED) is 0.698. The van der Waals surface area contributed by atoms with Crippen LogP contribution in [0.2, 0.25) is 0 Å². The number of nitrogens with zero attached hydrogens (tertiary/aromatic N) is 1. The monoisotopic (exact) mass is 281 g/mol. The summed E-state index contributed by atoms with van der Waals surface area (Å²) in [6.07, 6.45) is 2.66. The summed E-state index contributed by atoms with van der Waals surface area (Å²) in [6.45, 7) is 4.08. The fraction of sp³-hybridized carbons (Fsp3) is 0.562. The van der Waals surface area contributed by atoms with Crippen LogP contribution in [0.4, 0.5) is 0 Å². The summed E-state index contributed by atoms with van der Waals surface area (Å²) in [5.74, 6) is 0.900. The number of likely N-dealkylation sites (N-methyl/N-ethyl adjacent to an activating group) is 1. The van der Waals surface area contributed by atoms with Crippen LogP contribution in [0.1, 0.15) is 32.3 Å². The van der Waals surface area contributed by atoms with Gasteiger partial charge in [0.15, 0.2) is 0 Å². The van der Waals surface area contributed by atoms with E-state index in [2.05, 4.69) is 19.1 Å². The van der Waals surface area contributed by atoms with Gasteiger partial charge in [-0.15, -0.1) is 11.6 Å². The van der Waals surface area contributed by atoms with Crippen LogP contribution >= 0.6 is 11.6 Å². The van der Waals surface area contributed by atoms with Gasteiger partial charge in [0.05, 0.1) is 0 Å². The highest BCUT2D eigenvalue weighted by atomic mass is 35.5. The molecule has 1 rings (SSSR count). The molecular formula is C16H24ClNO. The van der Waals surface area contributed by atoms with E-state index in [1.165, 1.54) is 5.56 Å². The van der Waals surface area contributed by atoms with Crippen LogP contribution in [0.15, 0.2) is 30.3 Å². The second-order valence-corrected chi connectivity index (χ2v) is 5.60. The number of carbonyl (C=O) groups is 1. The molecule has 1 aromatic rings. The summed E-state index contributed by atoms with van der Waals surface area (Å²) in [4.78, 5) is 14.1. The summed E-state index contributed by atoms with van der Waals surface area (Å²) in [6, 6.07) is 10.5. The van der Waals surface area contributed by atoms with Gasteiger partial charge in [0.25, 0.3) is 0 Å². The average molecular weight is 282 g/mol. The highest BCUT2D eigenvalue weighted by Crippen LogP contribution is 2.14. The first kappa shape index (κ1) is 16.0. The van der Waals surface area contributed by atoms with E-state index >= 15 is 0 Å². The van der Waals surface area contributed by atoms with Crippen molar-refractivity contribution in [3.63, 3.8) is 0 Å². The van der Waals surface area contributed by atoms with E-state index in [1.807, 2.05) is 37.1 Å². The summed E-state index contributed by atoms with van der Waals surface area (Å²) >= 11 is 5.67. The van der Waals surface area contributed by atoms with Gasteiger partial charge in [-0.2, -0.15) is 0 Å². The molecule has 0 bridgehead atoms. The van der Waals surface area contributed by atoms with Crippen molar-refractivity contribution in [3.8, 4) is 0 Å². The SMILES string of the molecule is CC(CCCCl)C(=O)N(C)C(C)Cc1ccccc1. The van der Waals surface area contributed by atoms with Crippen molar-refractivity contribution in [2.45, 2.75) is 39.2 Å². The lowest BCUT2D eigenvalue weighted by molar-refractivity contribution is -0.135. The lowest BCUT2D eigenvalue weighted by Gasteiger charge is -2.28. The molecule has 2 unspecified atom stereocenters. The zero-order chi connectivity index (χ0) is 14.3. The molecule has 0 aliphatic heterocycles. The number of hydrogen-bond donors (Lipinski definition) is 0. The van der Waals surface area contributed by atoms with E-state index in [0.717, 1.165) is 19.3 Å². The second kappa shape index (κ2) is 8.21. The van der Waals surface area contributed by atoms with E-state index in [1.54, 1.807) is 0 Å². The van der Waals surface area contributed by atoms with Crippen molar-refractivity contribution in [2.24, 2.45) is 5.92 Å². The van der Waals surface area contributed by atoms with E-state index in [-0.39, 0.29) is 17.9 Å². The maximum absolute atomic E-state index is 12.3. The van der Waals surface area contributed by atoms with Gasteiger partial charge in [-0.05, 0) is 31.7 Å². The number of carbonyl (C=O) groups excluding carboxylic acids is 1. The molecule has 0 aromatic heterocycles. The Morgan fingerprint density at radius 1 is 1.26 bits per heavy atom. The third-order valence-corrected chi connectivity index (χ3v) is 3.84. The van der Waals surface area contributed by atoms with E-state index in [9.17, 15) is 4.79 Å². The number of alkyl halides is 1. The van der Waals surface area contributed by atoms with Gasteiger partial charge in [0.2, 0.25) is 5.91 Å². The van der Waals surface area contributed by atoms with Gasteiger partial charge in [-0.3, -0.25) is 4.79 Å². The van der Waals surface area contributed by atoms with Crippen molar-refractivity contribution >= 4 is 17.5 Å². The predicted octanol–water partition coefficient (Wildman–Crippen LogP) is 3.73. The molecule has 2 nitrogen and oxygen atoms in total. The summed E-state index contributed by atoms with van der Waals surface area (Å²) in [5.41, 5.74) is 1.27. The third kappa shape index (κ3) is 5.23.